The average Bonchev–Trinajstić information content (AvgIpc) is 2.84. The van der Waals surface area contributed by atoms with Crippen LogP contribution in [-0.2, 0) is 20.1 Å². The summed E-state index contributed by atoms with van der Waals surface area (Å²) in [4.78, 5) is 13.6. The minimum atomic E-state index is -0.0653. The Kier molecular flexibility index (Phi) is 4.47. The van der Waals surface area contributed by atoms with Crippen molar-refractivity contribution in [3.8, 4) is 0 Å². The van der Waals surface area contributed by atoms with E-state index in [0.29, 0.717) is 5.56 Å². The molecule has 0 fully saturated rings. The molecule has 1 aromatic heterocycles. The molecule has 1 aromatic carbocycles. The minimum absolute atomic E-state index is 0.0653. The molecule has 1 amide bonds. The summed E-state index contributed by atoms with van der Waals surface area (Å²) < 4.78 is 1.70. The van der Waals surface area contributed by atoms with Crippen LogP contribution < -0.4 is 5.32 Å². The molecule has 6 heteroatoms. The van der Waals surface area contributed by atoms with Crippen LogP contribution in [0.4, 0.5) is 0 Å². The first-order valence-corrected chi connectivity index (χ1v) is 6.43. The molecular formula is C14H19N5O. The summed E-state index contributed by atoms with van der Waals surface area (Å²) in [5, 5.41) is 10.6. The van der Waals surface area contributed by atoms with Crippen molar-refractivity contribution in [2.75, 3.05) is 14.1 Å². The van der Waals surface area contributed by atoms with Gasteiger partial charge in [-0.1, -0.05) is 17.3 Å². The van der Waals surface area contributed by atoms with E-state index in [4.69, 9.17) is 0 Å². The van der Waals surface area contributed by atoms with Gasteiger partial charge in [0.2, 0.25) is 0 Å². The molecule has 0 saturated heterocycles. The number of nitrogens with zero attached hydrogens (tertiary/aromatic N) is 4. The van der Waals surface area contributed by atoms with Gasteiger partial charge in [-0.25, -0.2) is 0 Å². The third-order valence-corrected chi connectivity index (χ3v) is 2.98. The first-order chi connectivity index (χ1) is 9.58. The Labute approximate surface area is 118 Å². The maximum atomic E-state index is 11.5. The van der Waals surface area contributed by atoms with Gasteiger partial charge in [-0.05, 0) is 24.7 Å². The van der Waals surface area contributed by atoms with Crippen LogP contribution in [0.3, 0.4) is 0 Å². The van der Waals surface area contributed by atoms with Gasteiger partial charge in [0.05, 0.1) is 5.69 Å². The first-order valence-electron chi connectivity index (χ1n) is 6.43. The molecule has 0 aliphatic heterocycles. The Morgan fingerprint density at radius 2 is 2.00 bits per heavy atom. The third-order valence-electron chi connectivity index (χ3n) is 2.98. The summed E-state index contributed by atoms with van der Waals surface area (Å²) in [7, 11) is 5.51. The van der Waals surface area contributed by atoms with Crippen LogP contribution in [0.2, 0.25) is 0 Å². The summed E-state index contributed by atoms with van der Waals surface area (Å²) in [5.74, 6) is -0.0653. The predicted molar refractivity (Wildman–Crippen MR) is 76.0 cm³/mol. The highest BCUT2D eigenvalue weighted by Gasteiger charge is 2.06. The highest BCUT2D eigenvalue weighted by atomic mass is 16.1. The van der Waals surface area contributed by atoms with E-state index in [2.05, 4.69) is 20.5 Å². The number of aryl methyl sites for hydroxylation is 1. The Balaban J connectivity index is 1.94. The van der Waals surface area contributed by atoms with E-state index in [0.717, 1.165) is 24.3 Å². The number of aromatic nitrogens is 3. The first kappa shape index (κ1) is 14.2. The van der Waals surface area contributed by atoms with Gasteiger partial charge in [-0.2, -0.15) is 0 Å². The molecule has 0 unspecified atom stereocenters. The normalized spacial score (nSPS) is 10.8. The Hall–Kier alpha value is -2.21. The molecule has 106 valence electrons. The Bertz CT molecular complexity index is 576. The summed E-state index contributed by atoms with van der Waals surface area (Å²) in [6, 6.07) is 7.62. The smallest absolute Gasteiger partial charge is 0.251 e. The molecule has 0 spiro atoms. The largest absolute Gasteiger partial charge is 0.355 e. The lowest BCUT2D eigenvalue weighted by Crippen LogP contribution is -2.19. The summed E-state index contributed by atoms with van der Waals surface area (Å²) >= 11 is 0. The number of carbonyl (C=O) groups excluding carboxylic acids is 1. The van der Waals surface area contributed by atoms with Crippen molar-refractivity contribution in [2.45, 2.75) is 13.1 Å². The third kappa shape index (κ3) is 3.64. The van der Waals surface area contributed by atoms with Gasteiger partial charge in [0.1, 0.15) is 0 Å². The van der Waals surface area contributed by atoms with Gasteiger partial charge in [0.25, 0.3) is 5.91 Å². The number of amides is 1. The highest BCUT2D eigenvalue weighted by molar-refractivity contribution is 5.93. The van der Waals surface area contributed by atoms with Gasteiger partial charge in [-0.15, -0.1) is 5.10 Å². The van der Waals surface area contributed by atoms with E-state index in [1.807, 2.05) is 44.6 Å². The average molecular weight is 273 g/mol. The maximum Gasteiger partial charge on any atom is 0.251 e. The lowest BCUT2D eigenvalue weighted by molar-refractivity contribution is 0.0963. The number of hydrogen-bond donors (Lipinski definition) is 1. The van der Waals surface area contributed by atoms with Crippen molar-refractivity contribution in [2.24, 2.45) is 7.05 Å². The fraction of sp³-hybridized carbons (Fsp3) is 0.357. The maximum absolute atomic E-state index is 11.5. The van der Waals surface area contributed by atoms with Crippen molar-refractivity contribution in [3.05, 3.63) is 47.3 Å². The molecular weight excluding hydrogens is 254 g/mol. The van der Waals surface area contributed by atoms with E-state index in [1.165, 1.54) is 0 Å². The lowest BCUT2D eigenvalue weighted by Gasteiger charge is -2.15. The molecule has 0 bridgehead atoms. The lowest BCUT2D eigenvalue weighted by atomic mass is 10.1. The van der Waals surface area contributed by atoms with E-state index < -0.39 is 0 Å². The summed E-state index contributed by atoms with van der Waals surface area (Å²) in [5.41, 5.74) is 2.77. The van der Waals surface area contributed by atoms with Crippen LogP contribution in [0.15, 0.2) is 30.5 Å². The van der Waals surface area contributed by atoms with Crippen molar-refractivity contribution >= 4 is 5.91 Å². The molecule has 2 aromatic rings. The molecule has 20 heavy (non-hydrogen) atoms. The van der Waals surface area contributed by atoms with Gasteiger partial charge in [0, 0.05) is 38.9 Å². The van der Waals surface area contributed by atoms with Crippen LogP contribution >= 0.6 is 0 Å². The Morgan fingerprint density at radius 3 is 2.55 bits per heavy atom. The number of carbonyl (C=O) groups is 1. The van der Waals surface area contributed by atoms with Crippen molar-refractivity contribution in [1.29, 1.82) is 0 Å². The number of benzene rings is 1. The molecule has 1 heterocycles. The van der Waals surface area contributed by atoms with Crippen LogP contribution in [0.5, 0.6) is 0 Å². The van der Waals surface area contributed by atoms with Crippen LogP contribution in [0, 0.1) is 0 Å². The highest BCUT2D eigenvalue weighted by Crippen LogP contribution is 2.08. The molecule has 0 saturated carbocycles. The van der Waals surface area contributed by atoms with Gasteiger partial charge in [0.15, 0.2) is 0 Å². The topological polar surface area (TPSA) is 63.1 Å². The second-order valence-corrected chi connectivity index (χ2v) is 4.83. The molecule has 1 N–H and O–H groups in total. The van der Waals surface area contributed by atoms with Crippen LogP contribution in [0.25, 0.3) is 0 Å². The fourth-order valence-electron chi connectivity index (χ4n) is 2.02. The van der Waals surface area contributed by atoms with Gasteiger partial charge in [-0.3, -0.25) is 14.4 Å². The second kappa shape index (κ2) is 6.29. The quantitative estimate of drug-likeness (QED) is 0.875. The second-order valence-electron chi connectivity index (χ2n) is 4.83. The monoisotopic (exact) mass is 273 g/mol. The number of hydrogen-bond acceptors (Lipinski definition) is 4. The molecule has 0 atom stereocenters. The number of rotatable bonds is 5. The van der Waals surface area contributed by atoms with Crippen molar-refractivity contribution in [1.82, 2.24) is 25.2 Å². The molecule has 0 radical (unpaired) electrons. The standard InChI is InChI=1S/C14H19N5O/c1-15-14(20)12-6-4-11(5-7-12)8-18(2)9-13-10-19(3)17-16-13/h4-7,10H,8-9H2,1-3H3,(H,15,20). The molecule has 6 nitrogen and oxygen atoms in total. The Morgan fingerprint density at radius 1 is 1.30 bits per heavy atom. The predicted octanol–water partition coefficient (Wildman–Crippen LogP) is 0.807. The molecule has 0 aliphatic rings. The van der Waals surface area contributed by atoms with Crippen LogP contribution in [-0.4, -0.2) is 39.9 Å². The summed E-state index contributed by atoms with van der Waals surface area (Å²) in [6.45, 7) is 1.54. The zero-order chi connectivity index (χ0) is 14.5. The molecule has 0 aliphatic carbocycles. The van der Waals surface area contributed by atoms with Gasteiger partial charge < -0.3 is 5.32 Å². The van der Waals surface area contributed by atoms with E-state index >= 15 is 0 Å². The van der Waals surface area contributed by atoms with E-state index in [9.17, 15) is 4.79 Å². The van der Waals surface area contributed by atoms with Crippen LogP contribution in [0.1, 0.15) is 21.6 Å². The zero-order valence-electron chi connectivity index (χ0n) is 12.0. The van der Waals surface area contributed by atoms with Crippen molar-refractivity contribution in [3.63, 3.8) is 0 Å². The van der Waals surface area contributed by atoms with E-state index in [1.54, 1.807) is 11.7 Å². The molecule has 2 rings (SSSR count). The number of nitrogens with one attached hydrogen (secondary N) is 1. The van der Waals surface area contributed by atoms with Crippen molar-refractivity contribution < 1.29 is 4.79 Å². The SMILES string of the molecule is CNC(=O)c1ccc(CN(C)Cc2cn(C)nn2)cc1. The summed E-state index contributed by atoms with van der Waals surface area (Å²) in [6.07, 6.45) is 1.91. The minimum Gasteiger partial charge on any atom is -0.355 e. The van der Waals surface area contributed by atoms with E-state index in [-0.39, 0.29) is 5.91 Å². The fourth-order valence-corrected chi connectivity index (χ4v) is 2.02. The van der Waals surface area contributed by atoms with Gasteiger partial charge >= 0.3 is 0 Å². The zero-order valence-corrected chi connectivity index (χ0v) is 12.0.